The van der Waals surface area contributed by atoms with Crippen molar-refractivity contribution in [3.8, 4) is 0 Å². The molecule has 0 aromatic carbocycles. The van der Waals surface area contributed by atoms with E-state index >= 15 is 0 Å². The standard InChI is InChI=1S/C15H20F3N3O3S/c1-3-24-14(23)10(7-25)19-13(22)8(2)21-11(9-4-5-9)6-12(20-21)15(16,17)18/h6,8-10,25H,3-5,7H2,1-2H3,(H,19,22)/t8?,10-/m0/s1. The molecular weight excluding hydrogens is 359 g/mol. The van der Waals surface area contributed by atoms with Crippen molar-refractivity contribution >= 4 is 24.5 Å². The molecule has 6 nitrogen and oxygen atoms in total. The lowest BCUT2D eigenvalue weighted by Gasteiger charge is -2.20. The summed E-state index contributed by atoms with van der Waals surface area (Å²) in [7, 11) is 0. The fourth-order valence-electron chi connectivity index (χ4n) is 2.37. The van der Waals surface area contributed by atoms with Crippen LogP contribution in [0.25, 0.3) is 0 Å². The zero-order valence-electron chi connectivity index (χ0n) is 13.8. The third-order valence-electron chi connectivity index (χ3n) is 3.87. The van der Waals surface area contributed by atoms with Crippen LogP contribution in [0.4, 0.5) is 13.2 Å². The lowest BCUT2D eigenvalue weighted by atomic mass is 10.2. The number of hydrogen-bond donors (Lipinski definition) is 2. The maximum Gasteiger partial charge on any atom is 0.435 e. The Morgan fingerprint density at radius 3 is 2.60 bits per heavy atom. The van der Waals surface area contributed by atoms with Crippen molar-refractivity contribution in [2.24, 2.45) is 0 Å². The fraction of sp³-hybridized carbons (Fsp3) is 0.667. The molecule has 2 rings (SSSR count). The topological polar surface area (TPSA) is 73.2 Å². The van der Waals surface area contributed by atoms with Crippen LogP contribution in [0.15, 0.2) is 6.07 Å². The monoisotopic (exact) mass is 379 g/mol. The average molecular weight is 379 g/mol. The average Bonchev–Trinajstić information content (AvgIpc) is 3.28. The second kappa shape index (κ2) is 7.67. The van der Waals surface area contributed by atoms with Gasteiger partial charge in [-0.3, -0.25) is 9.48 Å². The van der Waals surface area contributed by atoms with Gasteiger partial charge in [-0.2, -0.15) is 30.9 Å². The first-order valence-electron chi connectivity index (χ1n) is 7.93. The third-order valence-corrected chi connectivity index (χ3v) is 4.23. The van der Waals surface area contributed by atoms with Crippen molar-refractivity contribution in [2.75, 3.05) is 12.4 Å². The molecule has 1 heterocycles. The number of hydrogen-bond acceptors (Lipinski definition) is 5. The molecule has 1 unspecified atom stereocenters. The first-order chi connectivity index (χ1) is 11.7. The minimum absolute atomic E-state index is 0.0136. The number of amides is 1. The van der Waals surface area contributed by atoms with Gasteiger partial charge in [-0.15, -0.1) is 0 Å². The number of carbonyl (C=O) groups excluding carboxylic acids is 2. The van der Waals surface area contributed by atoms with E-state index in [0.29, 0.717) is 5.69 Å². The highest BCUT2D eigenvalue weighted by Crippen LogP contribution is 2.42. The van der Waals surface area contributed by atoms with Gasteiger partial charge in [0.15, 0.2) is 5.69 Å². The van der Waals surface area contributed by atoms with Crippen LogP contribution < -0.4 is 5.32 Å². The molecule has 1 aliphatic carbocycles. The van der Waals surface area contributed by atoms with Crippen LogP contribution in [0.1, 0.15) is 50.0 Å². The Kier molecular flexibility index (Phi) is 6.02. The lowest BCUT2D eigenvalue weighted by Crippen LogP contribution is -2.46. The van der Waals surface area contributed by atoms with Gasteiger partial charge in [0.05, 0.1) is 6.61 Å². The molecule has 140 valence electrons. The summed E-state index contributed by atoms with van der Waals surface area (Å²) in [5, 5.41) is 6.03. The lowest BCUT2D eigenvalue weighted by molar-refractivity contribution is -0.147. The van der Waals surface area contributed by atoms with Crippen LogP contribution in [0.5, 0.6) is 0 Å². The maximum absolute atomic E-state index is 12.9. The highest BCUT2D eigenvalue weighted by molar-refractivity contribution is 7.80. The number of halogens is 3. The van der Waals surface area contributed by atoms with Crippen LogP contribution in [0.2, 0.25) is 0 Å². The fourth-order valence-corrected chi connectivity index (χ4v) is 2.61. The molecule has 1 saturated carbocycles. The summed E-state index contributed by atoms with van der Waals surface area (Å²) in [6.07, 6.45) is -3.05. The predicted octanol–water partition coefficient (Wildman–Crippen LogP) is 2.32. The van der Waals surface area contributed by atoms with E-state index in [1.54, 1.807) is 6.92 Å². The molecule has 1 amide bonds. The van der Waals surface area contributed by atoms with Gasteiger partial charge >= 0.3 is 12.1 Å². The Hall–Kier alpha value is -1.71. The minimum Gasteiger partial charge on any atom is -0.464 e. The number of esters is 1. The Labute approximate surface area is 148 Å². The molecule has 0 spiro atoms. The molecule has 1 N–H and O–H groups in total. The summed E-state index contributed by atoms with van der Waals surface area (Å²) in [4.78, 5) is 24.1. The number of aromatic nitrogens is 2. The second-order valence-electron chi connectivity index (χ2n) is 5.84. The molecule has 1 aromatic heterocycles. The number of rotatable bonds is 7. The third kappa shape index (κ3) is 4.68. The van der Waals surface area contributed by atoms with Gasteiger partial charge in [-0.25, -0.2) is 4.79 Å². The largest absolute Gasteiger partial charge is 0.464 e. The van der Waals surface area contributed by atoms with Crippen LogP contribution in [-0.2, 0) is 20.5 Å². The Bertz CT molecular complexity index is 644. The number of carbonyl (C=O) groups is 2. The minimum atomic E-state index is -4.58. The zero-order valence-corrected chi connectivity index (χ0v) is 14.7. The van der Waals surface area contributed by atoms with Gasteiger partial charge in [0, 0.05) is 17.4 Å². The molecule has 0 radical (unpaired) electrons. The zero-order chi connectivity index (χ0) is 18.8. The highest BCUT2D eigenvalue weighted by atomic mass is 32.1. The summed E-state index contributed by atoms with van der Waals surface area (Å²) >= 11 is 4.00. The summed E-state index contributed by atoms with van der Waals surface area (Å²) < 4.78 is 44.7. The van der Waals surface area contributed by atoms with Crippen LogP contribution in [0.3, 0.4) is 0 Å². The van der Waals surface area contributed by atoms with Crippen LogP contribution in [0, 0.1) is 0 Å². The van der Waals surface area contributed by atoms with Gasteiger partial charge < -0.3 is 10.1 Å². The number of thiol groups is 1. The van der Waals surface area contributed by atoms with Crippen molar-refractivity contribution in [3.05, 3.63) is 17.5 Å². The van der Waals surface area contributed by atoms with E-state index < -0.39 is 35.8 Å². The predicted molar refractivity (Wildman–Crippen MR) is 86.3 cm³/mol. The van der Waals surface area contributed by atoms with Crippen molar-refractivity contribution < 1.29 is 27.5 Å². The summed E-state index contributed by atoms with van der Waals surface area (Å²) in [5.41, 5.74) is -0.640. The van der Waals surface area contributed by atoms with Gasteiger partial charge in [0.25, 0.3) is 0 Å². The Morgan fingerprint density at radius 2 is 2.12 bits per heavy atom. The number of alkyl halides is 3. The van der Waals surface area contributed by atoms with Crippen molar-refractivity contribution in [1.29, 1.82) is 0 Å². The smallest absolute Gasteiger partial charge is 0.435 e. The molecule has 25 heavy (non-hydrogen) atoms. The normalized spacial score (nSPS) is 17.0. The number of nitrogens with zero attached hydrogens (tertiary/aromatic N) is 2. The number of nitrogens with one attached hydrogen (secondary N) is 1. The van der Waals surface area contributed by atoms with E-state index in [0.717, 1.165) is 23.6 Å². The van der Waals surface area contributed by atoms with Crippen molar-refractivity contribution in [2.45, 2.75) is 50.9 Å². The summed E-state index contributed by atoms with van der Waals surface area (Å²) in [6.45, 7) is 3.21. The Balaban J connectivity index is 2.18. The second-order valence-corrected chi connectivity index (χ2v) is 6.21. The molecule has 0 bridgehead atoms. The maximum atomic E-state index is 12.9. The van der Waals surface area contributed by atoms with Crippen LogP contribution in [-0.4, -0.2) is 40.1 Å². The molecule has 2 atom stereocenters. The van der Waals surface area contributed by atoms with Gasteiger partial charge in [-0.05, 0) is 32.8 Å². The summed E-state index contributed by atoms with van der Waals surface area (Å²) in [6, 6.07) is -0.980. The van der Waals surface area contributed by atoms with Gasteiger partial charge in [0.2, 0.25) is 5.91 Å². The SMILES string of the molecule is CCOC(=O)[C@H](CS)NC(=O)C(C)n1nc(C(F)(F)F)cc1C1CC1. The van der Waals surface area contributed by atoms with Gasteiger partial charge in [-0.1, -0.05) is 0 Å². The molecule has 10 heteroatoms. The van der Waals surface area contributed by atoms with E-state index in [4.69, 9.17) is 4.74 Å². The molecule has 0 aliphatic heterocycles. The van der Waals surface area contributed by atoms with E-state index in [-0.39, 0.29) is 18.3 Å². The van der Waals surface area contributed by atoms with E-state index in [2.05, 4.69) is 23.0 Å². The van der Waals surface area contributed by atoms with Gasteiger partial charge in [0.1, 0.15) is 12.1 Å². The molecule has 0 saturated heterocycles. The Morgan fingerprint density at radius 1 is 1.48 bits per heavy atom. The quantitative estimate of drug-likeness (QED) is 0.563. The van der Waals surface area contributed by atoms with E-state index in [9.17, 15) is 22.8 Å². The molecular formula is C15H20F3N3O3S. The van der Waals surface area contributed by atoms with E-state index in [1.807, 2.05) is 0 Å². The van der Waals surface area contributed by atoms with E-state index in [1.165, 1.54) is 6.92 Å². The summed E-state index contributed by atoms with van der Waals surface area (Å²) in [5.74, 6) is -1.27. The molecule has 1 aliphatic rings. The number of ether oxygens (including phenoxy) is 1. The molecule has 1 fully saturated rings. The van der Waals surface area contributed by atoms with Crippen molar-refractivity contribution in [1.82, 2.24) is 15.1 Å². The van der Waals surface area contributed by atoms with Crippen molar-refractivity contribution in [3.63, 3.8) is 0 Å². The molecule has 1 aromatic rings. The van der Waals surface area contributed by atoms with Crippen LogP contribution >= 0.6 is 12.6 Å². The first kappa shape index (κ1) is 19.6. The highest BCUT2D eigenvalue weighted by Gasteiger charge is 2.39. The first-order valence-corrected chi connectivity index (χ1v) is 8.56.